The summed E-state index contributed by atoms with van der Waals surface area (Å²) >= 11 is 1.42. The normalized spacial score (nSPS) is 10.1. The topological polar surface area (TPSA) is 37.8 Å². The van der Waals surface area contributed by atoms with Crippen molar-refractivity contribution in [2.45, 2.75) is 6.54 Å². The van der Waals surface area contributed by atoms with Gasteiger partial charge in [0.2, 0.25) is 5.95 Å². The highest BCUT2D eigenvalue weighted by Crippen LogP contribution is 2.10. The third kappa shape index (κ3) is 2.26. The van der Waals surface area contributed by atoms with E-state index < -0.39 is 5.95 Å². The van der Waals surface area contributed by atoms with E-state index >= 15 is 0 Å². The number of rotatable bonds is 3. The van der Waals surface area contributed by atoms with E-state index in [1.54, 1.807) is 12.3 Å². The highest BCUT2D eigenvalue weighted by molar-refractivity contribution is 7.05. The van der Waals surface area contributed by atoms with E-state index in [0.29, 0.717) is 6.54 Å². The van der Waals surface area contributed by atoms with Crippen LogP contribution in [-0.2, 0) is 6.54 Å². The molecule has 3 nitrogen and oxygen atoms in total. The van der Waals surface area contributed by atoms with Crippen LogP contribution in [-0.4, -0.2) is 9.36 Å². The van der Waals surface area contributed by atoms with Crippen molar-refractivity contribution in [1.82, 2.24) is 9.36 Å². The summed E-state index contributed by atoms with van der Waals surface area (Å²) in [6, 6.07) is 5.01. The predicted octanol–water partition coefficient (Wildman–Crippen LogP) is 2.29. The summed E-state index contributed by atoms with van der Waals surface area (Å²) in [5.41, 5.74) is 0.728. The summed E-state index contributed by atoms with van der Waals surface area (Å²) < 4.78 is 16.6. The Balaban J connectivity index is 1.98. The minimum atomic E-state index is -0.473. The zero-order valence-corrected chi connectivity index (χ0v) is 8.09. The Labute approximate surface area is 84.8 Å². The molecule has 0 radical (unpaired) electrons. The Morgan fingerprint density at radius 2 is 2.29 bits per heavy atom. The second kappa shape index (κ2) is 4.15. The Morgan fingerprint density at radius 3 is 3.00 bits per heavy atom. The molecule has 2 aromatic heterocycles. The molecule has 1 N–H and O–H groups in total. The molecule has 14 heavy (non-hydrogen) atoms. The lowest BCUT2D eigenvalue weighted by Crippen LogP contribution is -1.98. The second-order valence-electron chi connectivity index (χ2n) is 2.70. The van der Waals surface area contributed by atoms with Crippen LogP contribution in [0.4, 0.5) is 10.1 Å². The lowest BCUT2D eigenvalue weighted by atomic mass is 10.4. The fourth-order valence-electron chi connectivity index (χ4n) is 1.03. The molecule has 72 valence electrons. The van der Waals surface area contributed by atoms with E-state index in [4.69, 9.17) is 0 Å². The van der Waals surface area contributed by atoms with Crippen molar-refractivity contribution in [2.24, 2.45) is 0 Å². The first kappa shape index (κ1) is 9.08. The number of halogens is 1. The number of anilines is 1. The maximum atomic E-state index is 12.7. The molecule has 2 rings (SSSR count). The molecule has 0 amide bonds. The molecule has 2 heterocycles. The number of hydrogen-bond acceptors (Lipinski definition) is 4. The van der Waals surface area contributed by atoms with E-state index in [0.717, 1.165) is 10.6 Å². The van der Waals surface area contributed by atoms with Gasteiger partial charge in [-0.2, -0.15) is 4.39 Å². The first-order valence-electron chi connectivity index (χ1n) is 4.09. The minimum absolute atomic E-state index is 0.473. The van der Waals surface area contributed by atoms with Crippen molar-refractivity contribution in [3.63, 3.8) is 0 Å². The van der Waals surface area contributed by atoms with Crippen LogP contribution >= 0.6 is 11.5 Å². The van der Waals surface area contributed by atoms with E-state index in [-0.39, 0.29) is 0 Å². The summed E-state index contributed by atoms with van der Waals surface area (Å²) in [5.74, 6) is -0.473. The number of nitrogens with zero attached hydrogens (tertiary/aromatic N) is 2. The third-order valence-corrected chi connectivity index (χ3v) is 2.43. The van der Waals surface area contributed by atoms with Crippen LogP contribution < -0.4 is 5.32 Å². The van der Waals surface area contributed by atoms with Crippen LogP contribution in [0.3, 0.4) is 0 Å². The molecule has 0 saturated heterocycles. The molecule has 2 aromatic rings. The quantitative estimate of drug-likeness (QED) is 0.788. The summed E-state index contributed by atoms with van der Waals surface area (Å²) in [6.45, 7) is 0.661. The van der Waals surface area contributed by atoms with E-state index in [1.165, 1.54) is 23.8 Å². The molecule has 0 aliphatic heterocycles. The van der Waals surface area contributed by atoms with Gasteiger partial charge in [-0.1, -0.05) is 0 Å². The second-order valence-corrected chi connectivity index (χ2v) is 3.62. The molecule has 0 bridgehead atoms. The van der Waals surface area contributed by atoms with Crippen molar-refractivity contribution in [1.29, 1.82) is 0 Å². The molecule has 0 aliphatic rings. The summed E-state index contributed by atoms with van der Waals surface area (Å²) in [5, 5.41) is 3.08. The van der Waals surface area contributed by atoms with Gasteiger partial charge in [0, 0.05) is 29.0 Å². The molecule has 5 heteroatoms. The Hall–Kier alpha value is -1.49. The predicted molar refractivity (Wildman–Crippen MR) is 53.6 cm³/mol. The van der Waals surface area contributed by atoms with Crippen molar-refractivity contribution in [2.75, 3.05) is 5.32 Å². The van der Waals surface area contributed by atoms with Gasteiger partial charge in [0.1, 0.15) is 0 Å². The van der Waals surface area contributed by atoms with Crippen LogP contribution in [0, 0.1) is 5.95 Å². The van der Waals surface area contributed by atoms with Crippen LogP contribution in [0.25, 0.3) is 0 Å². The maximum Gasteiger partial charge on any atom is 0.214 e. The summed E-state index contributed by atoms with van der Waals surface area (Å²) in [4.78, 5) is 4.58. The highest BCUT2D eigenvalue weighted by atomic mass is 32.1. The maximum absolute atomic E-state index is 12.7. The fraction of sp³-hybridized carbons (Fsp3) is 0.111. The van der Waals surface area contributed by atoms with Crippen molar-refractivity contribution >= 4 is 17.2 Å². The molecule has 0 atom stereocenters. The van der Waals surface area contributed by atoms with Crippen LogP contribution in [0.2, 0.25) is 0 Å². The number of hydrogen-bond donors (Lipinski definition) is 1. The SMILES string of the molecule is Fc1cc(NCc2ccns2)ccn1. The number of nitrogens with one attached hydrogen (secondary N) is 1. The van der Waals surface area contributed by atoms with Gasteiger partial charge in [-0.05, 0) is 23.7 Å². The van der Waals surface area contributed by atoms with Crippen molar-refractivity contribution < 1.29 is 4.39 Å². The zero-order chi connectivity index (χ0) is 9.80. The van der Waals surface area contributed by atoms with Crippen molar-refractivity contribution in [3.8, 4) is 0 Å². The molecular weight excluding hydrogens is 201 g/mol. The fourth-order valence-corrected chi connectivity index (χ4v) is 1.55. The smallest absolute Gasteiger partial charge is 0.214 e. The molecular formula is C9H8FN3S. The Morgan fingerprint density at radius 1 is 1.36 bits per heavy atom. The lowest BCUT2D eigenvalue weighted by molar-refractivity contribution is 0.584. The van der Waals surface area contributed by atoms with E-state index in [9.17, 15) is 4.39 Å². The van der Waals surface area contributed by atoms with E-state index in [1.807, 2.05) is 6.07 Å². The summed E-state index contributed by atoms with van der Waals surface area (Å²) in [6.07, 6.45) is 3.18. The third-order valence-electron chi connectivity index (χ3n) is 1.68. The van der Waals surface area contributed by atoms with Crippen LogP contribution in [0.15, 0.2) is 30.6 Å². The van der Waals surface area contributed by atoms with Crippen LogP contribution in [0.1, 0.15) is 4.88 Å². The largest absolute Gasteiger partial charge is 0.380 e. The summed E-state index contributed by atoms with van der Waals surface area (Å²) in [7, 11) is 0. The van der Waals surface area contributed by atoms with E-state index in [2.05, 4.69) is 14.7 Å². The van der Waals surface area contributed by atoms with Crippen molar-refractivity contribution in [3.05, 3.63) is 41.4 Å². The molecule has 0 fully saturated rings. The minimum Gasteiger partial charge on any atom is -0.380 e. The number of aromatic nitrogens is 2. The van der Waals surface area contributed by atoms with Gasteiger partial charge in [-0.15, -0.1) is 0 Å². The molecule has 0 aromatic carbocycles. The number of pyridine rings is 1. The average molecular weight is 209 g/mol. The molecule has 0 spiro atoms. The average Bonchev–Trinajstić information content (AvgIpc) is 2.67. The van der Waals surface area contributed by atoms with Gasteiger partial charge in [-0.25, -0.2) is 9.36 Å². The zero-order valence-electron chi connectivity index (χ0n) is 7.27. The highest BCUT2D eigenvalue weighted by Gasteiger charge is 1.97. The van der Waals surface area contributed by atoms with Gasteiger partial charge in [0.05, 0.1) is 6.54 Å². The Kier molecular flexibility index (Phi) is 2.69. The molecule has 0 unspecified atom stereocenters. The van der Waals surface area contributed by atoms with Gasteiger partial charge in [0.25, 0.3) is 0 Å². The van der Waals surface area contributed by atoms with Gasteiger partial charge in [0.15, 0.2) is 0 Å². The van der Waals surface area contributed by atoms with Gasteiger partial charge < -0.3 is 5.32 Å². The van der Waals surface area contributed by atoms with Crippen LogP contribution in [0.5, 0.6) is 0 Å². The first-order chi connectivity index (χ1) is 6.84. The Bertz CT molecular complexity index is 402. The molecule has 0 saturated carbocycles. The first-order valence-corrected chi connectivity index (χ1v) is 4.87. The van der Waals surface area contributed by atoms with Gasteiger partial charge in [-0.3, -0.25) is 0 Å². The standard InChI is InChI=1S/C9H8FN3S/c10-9-5-7(1-3-11-9)12-6-8-2-4-13-14-8/h1-5H,6H2,(H,11,12). The van der Waals surface area contributed by atoms with Gasteiger partial charge >= 0.3 is 0 Å². The lowest BCUT2D eigenvalue weighted by Gasteiger charge is -2.02. The monoisotopic (exact) mass is 209 g/mol. The molecule has 0 aliphatic carbocycles.